The van der Waals surface area contributed by atoms with E-state index >= 15 is 0 Å². The van der Waals surface area contributed by atoms with E-state index in [1.807, 2.05) is 0 Å². The first-order chi connectivity index (χ1) is 6.55. The summed E-state index contributed by atoms with van der Waals surface area (Å²) in [5.41, 5.74) is 11.2. The molecule has 2 fully saturated rings. The number of nitrogens with two attached hydrogens (primary N) is 2. The maximum Gasteiger partial charge on any atom is 0.102 e. The van der Waals surface area contributed by atoms with Crippen molar-refractivity contribution in [2.24, 2.45) is 28.7 Å². The molecule has 0 radical (unpaired) electrons. The van der Waals surface area contributed by atoms with Gasteiger partial charge in [-0.2, -0.15) is 0 Å². The minimum absolute atomic E-state index is 0.0718. The Balaban J connectivity index is 2.26. The summed E-state index contributed by atoms with van der Waals surface area (Å²) < 4.78 is 0. The van der Waals surface area contributed by atoms with Gasteiger partial charge in [0.25, 0.3) is 0 Å². The monoisotopic (exact) mass is 194 g/mol. The molecule has 6 N–H and O–H groups in total. The lowest BCUT2D eigenvalue weighted by Crippen LogP contribution is -2.44. The van der Waals surface area contributed by atoms with Crippen LogP contribution in [-0.2, 0) is 0 Å². The van der Waals surface area contributed by atoms with E-state index in [1.54, 1.807) is 0 Å². The molecule has 0 amide bonds. The van der Waals surface area contributed by atoms with Gasteiger partial charge in [0, 0.05) is 0 Å². The first-order valence-corrected chi connectivity index (χ1v) is 5.23. The number of hydrogen-bond acceptors (Lipinski definition) is 2. The zero-order valence-corrected chi connectivity index (χ0v) is 8.34. The number of amidine groups is 2. The summed E-state index contributed by atoms with van der Waals surface area (Å²) in [6.45, 7) is 0. The fourth-order valence-corrected chi connectivity index (χ4v) is 3.47. The van der Waals surface area contributed by atoms with Crippen molar-refractivity contribution in [2.45, 2.75) is 32.1 Å². The smallest absolute Gasteiger partial charge is 0.102 e. The normalized spacial score (nSPS) is 37.0. The van der Waals surface area contributed by atoms with E-state index in [0.717, 1.165) is 25.2 Å². The highest BCUT2D eigenvalue weighted by molar-refractivity contribution is 6.02. The lowest BCUT2D eigenvalue weighted by Gasteiger charge is -2.34. The van der Waals surface area contributed by atoms with Gasteiger partial charge in [-0.15, -0.1) is 0 Å². The van der Waals surface area contributed by atoms with E-state index in [0.29, 0.717) is 0 Å². The average Bonchev–Trinajstić information content (AvgIpc) is 2.61. The van der Waals surface area contributed by atoms with Crippen LogP contribution >= 0.6 is 0 Å². The third kappa shape index (κ3) is 1.21. The predicted molar refractivity (Wildman–Crippen MR) is 56.3 cm³/mol. The van der Waals surface area contributed by atoms with Crippen LogP contribution in [0.2, 0.25) is 0 Å². The van der Waals surface area contributed by atoms with E-state index in [4.69, 9.17) is 22.3 Å². The van der Waals surface area contributed by atoms with Crippen LogP contribution in [-0.4, -0.2) is 11.7 Å². The maximum atomic E-state index is 7.55. The van der Waals surface area contributed by atoms with Crippen LogP contribution in [0.25, 0.3) is 0 Å². The summed E-state index contributed by atoms with van der Waals surface area (Å²) in [5, 5.41) is 15.1. The zero-order chi connectivity index (χ0) is 10.3. The van der Waals surface area contributed by atoms with Gasteiger partial charge in [-0.3, -0.25) is 10.8 Å². The minimum atomic E-state index is -0.296. The molecule has 0 aromatic rings. The van der Waals surface area contributed by atoms with Gasteiger partial charge in [-0.1, -0.05) is 0 Å². The molecule has 2 aliphatic rings. The summed E-state index contributed by atoms with van der Waals surface area (Å²) in [5.74, 6) is 0.672. The molecule has 2 bridgehead atoms. The summed E-state index contributed by atoms with van der Waals surface area (Å²) in [7, 11) is 0. The van der Waals surface area contributed by atoms with Crippen LogP contribution in [0, 0.1) is 28.1 Å². The Morgan fingerprint density at radius 1 is 1.14 bits per heavy atom. The quantitative estimate of drug-likeness (QED) is 0.399. The third-order valence-electron chi connectivity index (χ3n) is 4.03. The second kappa shape index (κ2) is 2.97. The fourth-order valence-electron chi connectivity index (χ4n) is 3.47. The van der Waals surface area contributed by atoms with Crippen molar-refractivity contribution < 1.29 is 0 Å². The van der Waals surface area contributed by atoms with Gasteiger partial charge in [0.15, 0.2) is 0 Å². The van der Waals surface area contributed by atoms with Crippen molar-refractivity contribution in [1.29, 1.82) is 10.8 Å². The molecule has 2 rings (SSSR count). The summed E-state index contributed by atoms with van der Waals surface area (Å²) in [4.78, 5) is 0. The molecule has 0 atom stereocenters. The highest BCUT2D eigenvalue weighted by Gasteiger charge is 2.51. The molecule has 0 saturated heterocycles. The number of rotatable bonds is 3. The van der Waals surface area contributed by atoms with Gasteiger partial charge in [-0.05, 0) is 43.4 Å². The highest BCUT2D eigenvalue weighted by atomic mass is 14.8. The van der Waals surface area contributed by atoms with Crippen LogP contribution in [0.3, 0.4) is 0 Å². The third-order valence-corrected chi connectivity index (χ3v) is 4.03. The molecule has 4 heteroatoms. The van der Waals surface area contributed by atoms with Crippen molar-refractivity contribution in [3.8, 4) is 0 Å². The molecule has 0 heterocycles. The maximum absolute atomic E-state index is 7.55. The van der Waals surface area contributed by atoms with Gasteiger partial charge >= 0.3 is 0 Å². The predicted octanol–water partition coefficient (Wildman–Crippen LogP) is 1.05. The summed E-state index contributed by atoms with van der Waals surface area (Å²) in [6.07, 6.45) is 5.79. The average molecular weight is 194 g/mol. The van der Waals surface area contributed by atoms with E-state index in [9.17, 15) is 0 Å². The molecule has 0 aromatic heterocycles. The Labute approximate surface area is 84.1 Å². The minimum Gasteiger partial charge on any atom is -0.387 e. The van der Waals surface area contributed by atoms with Gasteiger partial charge < -0.3 is 11.5 Å². The standard InChI is InChI=1S/C10H18N4/c11-8(12)7(9(13)14)10-3-1-6(5-10)2-4-10/h6-7H,1-5H2,(H3,11,12)(H3,13,14). The van der Waals surface area contributed by atoms with E-state index in [2.05, 4.69) is 0 Å². The van der Waals surface area contributed by atoms with Crippen LogP contribution < -0.4 is 11.5 Å². The lowest BCUT2D eigenvalue weighted by atomic mass is 9.71. The molecule has 78 valence electrons. The second-order valence-corrected chi connectivity index (χ2v) is 4.85. The Kier molecular flexibility index (Phi) is 2.01. The lowest BCUT2D eigenvalue weighted by molar-refractivity contribution is 0.265. The summed E-state index contributed by atoms with van der Waals surface area (Å²) in [6, 6.07) is 0. The molecule has 0 unspecified atom stereocenters. The number of fused-ring (bicyclic) bond motifs is 2. The van der Waals surface area contributed by atoms with Crippen LogP contribution in [0.5, 0.6) is 0 Å². The molecule has 4 nitrogen and oxygen atoms in total. The van der Waals surface area contributed by atoms with Crippen LogP contribution in [0.4, 0.5) is 0 Å². The van der Waals surface area contributed by atoms with Gasteiger partial charge in [-0.25, -0.2) is 0 Å². The largest absolute Gasteiger partial charge is 0.387 e. The molecular formula is C10H18N4. The van der Waals surface area contributed by atoms with Gasteiger partial charge in [0.1, 0.15) is 11.7 Å². The van der Waals surface area contributed by atoms with Crippen molar-refractivity contribution in [3.63, 3.8) is 0 Å². The summed E-state index contributed by atoms with van der Waals surface area (Å²) >= 11 is 0. The van der Waals surface area contributed by atoms with E-state index in [1.165, 1.54) is 12.8 Å². The molecular weight excluding hydrogens is 176 g/mol. The Hall–Kier alpha value is -1.06. The molecule has 14 heavy (non-hydrogen) atoms. The number of nitrogens with one attached hydrogen (secondary N) is 2. The topological polar surface area (TPSA) is 99.7 Å². The van der Waals surface area contributed by atoms with Crippen molar-refractivity contribution >= 4 is 11.7 Å². The number of hydrogen-bond donors (Lipinski definition) is 4. The SMILES string of the molecule is N=C(N)C(C(=N)N)C12CCC(CC1)C2. The van der Waals surface area contributed by atoms with Gasteiger partial charge in [0.2, 0.25) is 0 Å². The Bertz CT molecular complexity index is 262. The van der Waals surface area contributed by atoms with E-state index in [-0.39, 0.29) is 23.0 Å². The second-order valence-electron chi connectivity index (χ2n) is 4.85. The zero-order valence-electron chi connectivity index (χ0n) is 8.34. The van der Waals surface area contributed by atoms with Crippen LogP contribution in [0.15, 0.2) is 0 Å². The first kappa shape index (κ1) is 9.49. The van der Waals surface area contributed by atoms with Crippen LogP contribution in [0.1, 0.15) is 32.1 Å². The molecule has 2 aliphatic carbocycles. The fraction of sp³-hybridized carbons (Fsp3) is 0.800. The molecule has 2 saturated carbocycles. The molecule has 0 spiro atoms. The van der Waals surface area contributed by atoms with Crippen molar-refractivity contribution in [3.05, 3.63) is 0 Å². The van der Waals surface area contributed by atoms with Crippen molar-refractivity contribution in [1.82, 2.24) is 0 Å². The Morgan fingerprint density at radius 3 is 1.93 bits per heavy atom. The highest BCUT2D eigenvalue weighted by Crippen LogP contribution is 2.57. The van der Waals surface area contributed by atoms with Gasteiger partial charge in [0.05, 0.1) is 5.92 Å². The van der Waals surface area contributed by atoms with E-state index < -0.39 is 0 Å². The van der Waals surface area contributed by atoms with Crippen molar-refractivity contribution in [2.75, 3.05) is 0 Å². The molecule has 0 aromatic carbocycles. The Morgan fingerprint density at radius 2 is 1.64 bits per heavy atom. The first-order valence-electron chi connectivity index (χ1n) is 5.23. The molecule has 0 aliphatic heterocycles.